The quantitative estimate of drug-likeness (QED) is 0.290. The fraction of sp³-hybridized carbons (Fsp3) is 0. The molecule has 24 valence electrons. The highest BCUT2D eigenvalue weighted by Crippen LogP contribution is 1.44. The van der Waals surface area contributed by atoms with Crippen LogP contribution in [0.15, 0.2) is 0 Å². The predicted molar refractivity (Wildman–Crippen MR) is 11.5 cm³/mol. The maximum Gasteiger partial charge on any atom is 1.00 e. The Bertz CT molecular complexity index is 29.9. The van der Waals surface area contributed by atoms with E-state index in [0.29, 0.717) is 0 Å². The first-order chi connectivity index (χ1) is 1.73. The Kier molecular flexibility index (Phi) is 0.524. The average Bonchev–Trinajstić information content (AvgIpc) is 0.811. The minimum atomic E-state index is -1.75. The highest BCUT2D eigenvalue weighted by atomic mass is 16.9. The van der Waals surface area contributed by atoms with E-state index in [4.69, 9.17) is 15.3 Å². The molecule has 0 amide bonds. The average molecular weight is 63.0 g/mol. The molecule has 0 heterocycles. The van der Waals surface area contributed by atoms with Crippen molar-refractivity contribution in [2.45, 2.75) is 0 Å². The molecule has 0 atom stereocenters. The van der Waals surface area contributed by atoms with Crippen LogP contribution in [0.1, 0.15) is 1.43 Å². The molecule has 0 rings (SSSR count). The lowest BCUT2D eigenvalue weighted by atomic mass is 13.1. The van der Waals surface area contributed by atoms with Crippen LogP contribution < -0.4 is 0 Å². The molecule has 0 aromatic carbocycles. The van der Waals surface area contributed by atoms with E-state index in [-0.39, 0.29) is 1.43 Å². The van der Waals surface area contributed by atoms with Crippen molar-refractivity contribution >= 4 is 0 Å². The van der Waals surface area contributed by atoms with E-state index in [1.807, 2.05) is 0 Å². The van der Waals surface area contributed by atoms with Gasteiger partial charge in [0.1, 0.15) is 0 Å². The summed E-state index contributed by atoms with van der Waals surface area (Å²) in [5, 5.41) is 14.8. The van der Waals surface area contributed by atoms with Gasteiger partial charge in [0.25, 0.3) is 0 Å². The van der Waals surface area contributed by atoms with Gasteiger partial charge < -0.3 is 15.3 Å². The van der Waals surface area contributed by atoms with E-state index in [0.717, 1.165) is 0 Å². The predicted octanol–water partition coefficient (Wildman–Crippen LogP) is -0.127. The highest BCUT2D eigenvalue weighted by Gasteiger charge is 1.45. The molecule has 0 radical (unpaired) electrons. The lowest BCUT2D eigenvalue weighted by Crippen LogP contribution is -1.74. The molecule has 0 unspecified atom stereocenters. The van der Waals surface area contributed by atoms with Crippen LogP contribution in [0.2, 0.25) is 0 Å². The van der Waals surface area contributed by atoms with Crippen LogP contribution in [0.4, 0.5) is 0 Å². The van der Waals surface area contributed by atoms with E-state index < -0.39 is 5.09 Å². The smallest absolute Gasteiger partial charge is 0.356 e. The Balaban J connectivity index is 0. The van der Waals surface area contributed by atoms with Crippen LogP contribution in [0.25, 0.3) is 0 Å². The van der Waals surface area contributed by atoms with Crippen LogP contribution in [-0.4, -0.2) is 5.09 Å². The molecule has 0 N–H and O–H groups in total. The van der Waals surface area contributed by atoms with Crippen LogP contribution >= 0.6 is 0 Å². The Morgan fingerprint density at radius 1 is 1.75 bits per heavy atom. The molecular weight excluding hydrogens is 62.0 g/mol. The summed E-state index contributed by atoms with van der Waals surface area (Å²) < 4.78 is 0. The molecule has 0 spiro atoms. The first-order valence-corrected chi connectivity index (χ1v) is 0.548. The Labute approximate surface area is 23.3 Å². The summed E-state index contributed by atoms with van der Waals surface area (Å²) in [5.74, 6) is 0. The lowest BCUT2D eigenvalue weighted by molar-refractivity contribution is -0.402. The van der Waals surface area contributed by atoms with E-state index in [9.17, 15) is 0 Å². The zero-order valence-electron chi connectivity index (χ0n) is 2.67. The molecule has 0 aromatic heterocycles. The molecule has 0 aliphatic heterocycles. The Morgan fingerprint density at radius 3 is 1.75 bits per heavy atom. The molecule has 0 aromatic rings. The van der Waals surface area contributed by atoms with Gasteiger partial charge in [-0.2, -0.15) is 0 Å². The van der Waals surface area contributed by atoms with Gasteiger partial charge in [0.05, 0.1) is 5.09 Å². The van der Waals surface area contributed by atoms with Gasteiger partial charge in [-0.25, -0.2) is 0 Å². The molecular formula is HNO3. The van der Waals surface area contributed by atoms with Crippen molar-refractivity contribution in [2.24, 2.45) is 0 Å². The van der Waals surface area contributed by atoms with Gasteiger partial charge in [-0.05, 0) is 0 Å². The highest BCUT2D eigenvalue weighted by molar-refractivity contribution is 4.03. The second-order valence-electron chi connectivity index (χ2n) is 0.224. The molecule has 0 fully saturated rings. The van der Waals surface area contributed by atoms with Gasteiger partial charge >= 0.3 is 1.43 Å². The largest absolute Gasteiger partial charge is 1.00 e. The number of hydrogen-bond acceptors (Lipinski definition) is 3. The van der Waals surface area contributed by atoms with Crippen molar-refractivity contribution in [3.05, 3.63) is 15.3 Å². The van der Waals surface area contributed by atoms with Gasteiger partial charge in [0.2, 0.25) is 0 Å². The van der Waals surface area contributed by atoms with Crippen LogP contribution in [-0.2, 0) is 0 Å². The van der Waals surface area contributed by atoms with Crippen LogP contribution in [0.5, 0.6) is 0 Å². The summed E-state index contributed by atoms with van der Waals surface area (Å²) in [4.78, 5) is 8.25. The maximum atomic E-state index is 8.25. The van der Waals surface area contributed by atoms with Crippen molar-refractivity contribution in [3.8, 4) is 0 Å². The fourth-order valence-electron chi connectivity index (χ4n) is 0. The zero-order valence-corrected chi connectivity index (χ0v) is 1.67. The third-order valence-electron chi connectivity index (χ3n) is 0. The SMILES string of the molecule is O=[N+]([O-])[O-].[H+]. The second-order valence-corrected chi connectivity index (χ2v) is 0.224. The molecule has 0 saturated carbocycles. The molecule has 0 aliphatic carbocycles. The molecule has 0 saturated heterocycles. The van der Waals surface area contributed by atoms with Crippen molar-refractivity contribution in [3.63, 3.8) is 0 Å². The number of nitrogens with zero attached hydrogens (tertiary/aromatic N) is 1. The maximum absolute atomic E-state index is 8.25. The van der Waals surface area contributed by atoms with E-state index in [1.165, 1.54) is 0 Å². The zero-order chi connectivity index (χ0) is 3.58. The van der Waals surface area contributed by atoms with E-state index in [2.05, 4.69) is 0 Å². The number of rotatable bonds is 0. The third-order valence-corrected chi connectivity index (χ3v) is 0. The summed E-state index contributed by atoms with van der Waals surface area (Å²) in [6, 6.07) is 0. The van der Waals surface area contributed by atoms with Gasteiger partial charge in [-0.15, -0.1) is 0 Å². The summed E-state index contributed by atoms with van der Waals surface area (Å²) >= 11 is 0. The van der Waals surface area contributed by atoms with Crippen molar-refractivity contribution in [1.29, 1.82) is 0 Å². The monoisotopic (exact) mass is 63.0 g/mol. The van der Waals surface area contributed by atoms with Gasteiger partial charge in [0, 0.05) is 0 Å². The van der Waals surface area contributed by atoms with Gasteiger partial charge in [-0.3, -0.25) is 0 Å². The fourth-order valence-corrected chi connectivity index (χ4v) is 0. The first kappa shape index (κ1) is 3.20. The van der Waals surface area contributed by atoms with Crippen molar-refractivity contribution in [2.75, 3.05) is 0 Å². The molecule has 4 heavy (non-hydrogen) atoms. The lowest BCUT2D eigenvalue weighted by Gasteiger charge is -1.74. The van der Waals surface area contributed by atoms with Crippen LogP contribution in [0, 0.1) is 15.3 Å². The first-order valence-electron chi connectivity index (χ1n) is 0.548. The number of hydrogen-bond donors (Lipinski definition) is 0. The Hall–Kier alpha value is -0.800. The van der Waals surface area contributed by atoms with Crippen molar-refractivity contribution in [1.82, 2.24) is 0 Å². The molecule has 0 bridgehead atoms. The summed E-state index contributed by atoms with van der Waals surface area (Å²) in [6.07, 6.45) is 0. The minimum absolute atomic E-state index is 0. The minimum Gasteiger partial charge on any atom is -0.356 e. The molecule has 0 aliphatic rings. The topological polar surface area (TPSA) is 66.2 Å². The normalized spacial score (nSPS) is 6.00. The van der Waals surface area contributed by atoms with Crippen LogP contribution in [0.3, 0.4) is 0 Å². The standard InChI is InChI=1S/NO3/c2-1(3)4/q-1/p+1. The second kappa shape index (κ2) is 0.655. The molecule has 4 heteroatoms. The van der Waals surface area contributed by atoms with Gasteiger partial charge in [-0.1, -0.05) is 0 Å². The summed E-state index contributed by atoms with van der Waals surface area (Å²) in [6.45, 7) is 0. The molecule has 4 nitrogen and oxygen atoms in total. The van der Waals surface area contributed by atoms with Gasteiger partial charge in [0.15, 0.2) is 0 Å². The van der Waals surface area contributed by atoms with E-state index >= 15 is 0 Å². The summed E-state index contributed by atoms with van der Waals surface area (Å²) in [7, 11) is 0. The van der Waals surface area contributed by atoms with E-state index in [1.54, 1.807) is 0 Å². The van der Waals surface area contributed by atoms with Crippen molar-refractivity contribution < 1.29 is 6.51 Å². The Morgan fingerprint density at radius 2 is 1.75 bits per heavy atom. The summed E-state index contributed by atoms with van der Waals surface area (Å²) in [5.41, 5.74) is 0. The third kappa shape index (κ3) is 0.0750.